The van der Waals surface area contributed by atoms with Gasteiger partial charge in [-0.3, -0.25) is 0 Å². The molecule has 11 heavy (non-hydrogen) atoms. The second kappa shape index (κ2) is 4.03. The van der Waals surface area contributed by atoms with Gasteiger partial charge in [0.1, 0.15) is 5.69 Å². The molecule has 3 nitrogen and oxygen atoms in total. The molecule has 0 aromatic carbocycles. The van der Waals surface area contributed by atoms with E-state index in [1.54, 1.807) is 4.45 Å². The Bertz CT molecular complexity index is 241. The number of hydrogen-bond donors (Lipinski definition) is 1. The summed E-state index contributed by atoms with van der Waals surface area (Å²) in [5.74, 6) is 0. The molecule has 1 N–H and O–H groups in total. The van der Waals surface area contributed by atoms with Crippen molar-refractivity contribution in [2.45, 2.75) is 13.5 Å². The van der Waals surface area contributed by atoms with Gasteiger partial charge < -0.3 is 5.11 Å². The van der Waals surface area contributed by atoms with Crippen LogP contribution in [-0.4, -0.2) is 14.7 Å². The number of aromatic nitrogens is 2. The van der Waals surface area contributed by atoms with Crippen molar-refractivity contribution in [1.29, 1.82) is 0 Å². The van der Waals surface area contributed by atoms with Crippen molar-refractivity contribution in [3.8, 4) is 0 Å². The van der Waals surface area contributed by atoms with Crippen molar-refractivity contribution < 1.29 is 5.11 Å². The van der Waals surface area contributed by atoms with Crippen LogP contribution in [0.15, 0.2) is 0 Å². The minimum atomic E-state index is -0.0895. The lowest BCUT2D eigenvalue weighted by molar-refractivity contribution is 0.276. The Kier molecular flexibility index (Phi) is 3.55. The van der Waals surface area contributed by atoms with Crippen molar-refractivity contribution in [2.24, 2.45) is 0 Å². The lowest BCUT2D eigenvalue weighted by Gasteiger charge is -1.94. The van der Waals surface area contributed by atoms with Crippen LogP contribution >= 0.6 is 40.0 Å². The van der Waals surface area contributed by atoms with Crippen LogP contribution < -0.4 is 0 Å². The average Bonchev–Trinajstić information content (AvgIpc) is 2.30. The maximum absolute atomic E-state index is 8.79. The zero-order chi connectivity index (χ0) is 8.43. The summed E-state index contributed by atoms with van der Waals surface area (Å²) in [4.78, 5) is 0. The molecule has 0 aliphatic carbocycles. The maximum Gasteiger partial charge on any atom is 0.107 e. The lowest BCUT2D eigenvalue weighted by atomic mass is 10.4. The van der Waals surface area contributed by atoms with E-state index in [1.165, 1.54) is 0 Å². The van der Waals surface area contributed by atoms with Crippen molar-refractivity contribution in [2.75, 3.05) is 0 Å². The average molecular weight is 304 g/mol. The molecule has 1 aromatic rings. The molecule has 6 heteroatoms. The van der Waals surface area contributed by atoms with E-state index < -0.39 is 0 Å². The lowest BCUT2D eigenvalue weighted by Crippen LogP contribution is -1.87. The first-order valence-electron chi connectivity index (χ1n) is 2.92. The van der Waals surface area contributed by atoms with E-state index in [9.17, 15) is 0 Å². The van der Waals surface area contributed by atoms with E-state index in [4.69, 9.17) is 16.7 Å². The summed E-state index contributed by atoms with van der Waals surface area (Å²) in [5.41, 5.74) is 1.48. The monoisotopic (exact) mass is 304 g/mol. The molecule has 0 radical (unpaired) electrons. The Morgan fingerprint density at radius 1 is 1.82 bits per heavy atom. The Balaban J connectivity index is 3.12. The molecule has 0 spiro atoms. The van der Waals surface area contributed by atoms with E-state index in [-0.39, 0.29) is 6.61 Å². The first-order chi connectivity index (χ1) is 5.20. The number of aliphatic hydroxyl groups excluding tert-OH is 1. The summed E-state index contributed by atoms with van der Waals surface area (Å²) >= 11 is 8.06. The molecule has 0 bridgehead atoms. The maximum atomic E-state index is 8.79. The second-order valence-electron chi connectivity index (χ2n) is 2.00. The summed E-state index contributed by atoms with van der Waals surface area (Å²) in [5, 5.41) is 13.5. The van der Waals surface area contributed by atoms with Gasteiger partial charge in [-0.15, -0.1) is 0 Å². The van der Waals surface area contributed by atoms with Gasteiger partial charge in [0.2, 0.25) is 0 Å². The Morgan fingerprint density at radius 2 is 2.45 bits per heavy atom. The predicted octanol–water partition coefficient (Wildman–Crippen LogP) is 2.13. The van der Waals surface area contributed by atoms with Gasteiger partial charge in [0.25, 0.3) is 0 Å². The van der Waals surface area contributed by atoms with Crippen LogP contribution in [0.4, 0.5) is 0 Å². The SMILES string of the molecule is Cc1c(Cl)c(CO)nn1PI. The van der Waals surface area contributed by atoms with Crippen LogP contribution in [0.2, 0.25) is 5.02 Å². The zero-order valence-electron chi connectivity index (χ0n) is 5.80. The third-order valence-corrected chi connectivity index (χ3v) is 3.80. The fourth-order valence-corrected chi connectivity index (χ4v) is 2.78. The highest BCUT2D eigenvalue weighted by atomic mass is 127. The van der Waals surface area contributed by atoms with Gasteiger partial charge in [0.15, 0.2) is 0 Å². The van der Waals surface area contributed by atoms with Gasteiger partial charge in [-0.25, -0.2) is 4.45 Å². The number of nitrogens with zero attached hydrogens (tertiary/aromatic N) is 2. The van der Waals surface area contributed by atoms with Gasteiger partial charge >= 0.3 is 0 Å². The molecule has 0 aliphatic heterocycles. The van der Waals surface area contributed by atoms with E-state index >= 15 is 0 Å². The predicted molar refractivity (Wildman–Crippen MR) is 55.6 cm³/mol. The van der Waals surface area contributed by atoms with Gasteiger partial charge in [-0.1, -0.05) is 11.6 Å². The van der Waals surface area contributed by atoms with Crippen molar-refractivity contribution in [1.82, 2.24) is 9.55 Å². The molecule has 0 aliphatic rings. The smallest absolute Gasteiger partial charge is 0.107 e. The number of aliphatic hydroxyl groups is 1. The molecular weight excluding hydrogens is 297 g/mol. The molecule has 1 rings (SSSR count). The largest absolute Gasteiger partial charge is 0.390 e. The van der Waals surface area contributed by atoms with Crippen LogP contribution in [0.25, 0.3) is 0 Å². The quantitative estimate of drug-likeness (QED) is 0.671. The second-order valence-corrected chi connectivity index (χ2v) is 4.42. The number of halogens is 2. The van der Waals surface area contributed by atoms with Crippen LogP contribution in [0.5, 0.6) is 0 Å². The first kappa shape index (κ1) is 9.71. The molecule has 1 atom stereocenters. The topological polar surface area (TPSA) is 38.1 Å². The molecule has 0 saturated carbocycles. The highest BCUT2D eigenvalue weighted by molar-refractivity contribution is 14.2. The number of rotatable bonds is 2. The van der Waals surface area contributed by atoms with Crippen LogP contribution in [-0.2, 0) is 6.61 Å². The fraction of sp³-hybridized carbons (Fsp3) is 0.400. The van der Waals surface area contributed by atoms with Gasteiger partial charge in [0, 0.05) is 0 Å². The van der Waals surface area contributed by atoms with Gasteiger partial charge in [0.05, 0.1) is 23.7 Å². The van der Waals surface area contributed by atoms with Crippen molar-refractivity contribution in [3.63, 3.8) is 0 Å². The third kappa shape index (κ3) is 1.86. The zero-order valence-corrected chi connectivity index (χ0v) is 9.72. The minimum Gasteiger partial charge on any atom is -0.390 e. The van der Waals surface area contributed by atoms with Crippen LogP contribution in [0.1, 0.15) is 11.4 Å². The van der Waals surface area contributed by atoms with Crippen molar-refractivity contribution >= 4 is 40.0 Å². The van der Waals surface area contributed by atoms with E-state index in [1.807, 2.05) is 6.92 Å². The Morgan fingerprint density at radius 3 is 2.73 bits per heavy atom. The third-order valence-electron chi connectivity index (χ3n) is 1.34. The molecule has 0 saturated heterocycles. The molecule has 0 amide bonds. The first-order valence-corrected chi connectivity index (χ1v) is 7.36. The standard InChI is InChI=1S/C5H7ClIN2OP/c1-3-5(6)4(2-10)8-9(3)11-7/h10-11H,2H2,1H3. The summed E-state index contributed by atoms with van der Waals surface area (Å²) in [6, 6.07) is 0. The Labute approximate surface area is 84.4 Å². The van der Waals surface area contributed by atoms with Crippen molar-refractivity contribution in [3.05, 3.63) is 16.4 Å². The molecule has 1 unspecified atom stereocenters. The van der Waals surface area contributed by atoms with E-state index in [0.29, 0.717) is 17.1 Å². The van der Waals surface area contributed by atoms with Gasteiger partial charge in [-0.2, -0.15) is 5.10 Å². The molecule has 62 valence electrons. The molecule has 1 heterocycles. The summed E-state index contributed by atoms with van der Waals surface area (Å²) in [6.07, 6.45) is 0.529. The summed E-state index contributed by atoms with van der Waals surface area (Å²) < 4.78 is 1.79. The summed E-state index contributed by atoms with van der Waals surface area (Å²) in [7, 11) is 0. The minimum absolute atomic E-state index is 0.0895. The fourth-order valence-electron chi connectivity index (χ4n) is 0.725. The molecule has 0 fully saturated rings. The normalized spacial score (nSPS) is 11.6. The molecular formula is C5H7ClIN2OP. The Hall–Kier alpha value is 0.620. The van der Waals surface area contributed by atoms with Crippen LogP contribution in [0, 0.1) is 6.92 Å². The molecule has 1 aromatic heterocycles. The highest BCUT2D eigenvalue weighted by Crippen LogP contribution is 2.30. The number of hydrogen-bond acceptors (Lipinski definition) is 2. The van der Waals surface area contributed by atoms with Gasteiger partial charge in [-0.05, 0) is 29.0 Å². The van der Waals surface area contributed by atoms with E-state index in [0.717, 1.165) is 5.69 Å². The summed E-state index contributed by atoms with van der Waals surface area (Å²) in [6.45, 7) is 1.80. The highest BCUT2D eigenvalue weighted by Gasteiger charge is 2.10. The van der Waals surface area contributed by atoms with Crippen LogP contribution in [0.3, 0.4) is 0 Å². The van der Waals surface area contributed by atoms with E-state index in [2.05, 4.69) is 27.1 Å².